The molecular weight excluding hydrogens is 266 g/mol. The van der Waals surface area contributed by atoms with Crippen LogP contribution in [0.15, 0.2) is 30.3 Å². The van der Waals surface area contributed by atoms with Gasteiger partial charge in [0.1, 0.15) is 6.61 Å². The molecule has 0 radical (unpaired) electrons. The van der Waals surface area contributed by atoms with E-state index in [2.05, 4.69) is 19.1 Å². The van der Waals surface area contributed by atoms with Crippen LogP contribution in [0, 0.1) is 12.8 Å². The van der Waals surface area contributed by atoms with Crippen LogP contribution in [0.1, 0.15) is 37.7 Å². The summed E-state index contributed by atoms with van der Waals surface area (Å²) in [6.07, 6.45) is 4.77. The fourth-order valence-corrected chi connectivity index (χ4v) is 2.73. The van der Waals surface area contributed by atoms with Crippen LogP contribution in [0.25, 0.3) is 0 Å². The molecule has 1 aromatic carbocycles. The second-order valence-electron chi connectivity index (χ2n) is 5.67. The maximum Gasteiger partial charge on any atom is 0.416 e. The van der Waals surface area contributed by atoms with E-state index in [0.29, 0.717) is 25.5 Å². The number of ether oxygens (including phenoxy) is 1. The molecule has 0 unspecified atom stereocenters. The molecule has 1 aliphatic carbocycles. The molecule has 114 valence electrons. The first-order valence-corrected chi connectivity index (χ1v) is 7.65. The van der Waals surface area contributed by atoms with Gasteiger partial charge in [0.2, 0.25) is 5.91 Å². The van der Waals surface area contributed by atoms with E-state index in [1.54, 1.807) is 0 Å². The summed E-state index contributed by atoms with van der Waals surface area (Å²) in [5.74, 6) is 0.440. The van der Waals surface area contributed by atoms with Crippen molar-refractivity contribution < 1.29 is 14.3 Å². The lowest BCUT2D eigenvalue weighted by atomic mass is 10.0. The van der Waals surface area contributed by atoms with Crippen molar-refractivity contribution in [2.24, 2.45) is 5.92 Å². The fraction of sp³-hybridized carbons (Fsp3) is 0.529. The molecule has 0 bridgehead atoms. The zero-order valence-electron chi connectivity index (χ0n) is 12.6. The van der Waals surface area contributed by atoms with Crippen molar-refractivity contribution in [1.82, 2.24) is 4.90 Å². The van der Waals surface area contributed by atoms with Crippen LogP contribution < -0.4 is 0 Å². The van der Waals surface area contributed by atoms with Crippen molar-refractivity contribution in [3.8, 4) is 0 Å². The molecule has 2 fully saturated rings. The Morgan fingerprint density at radius 3 is 2.38 bits per heavy atom. The first kappa shape index (κ1) is 15.5. The van der Waals surface area contributed by atoms with E-state index < -0.39 is 6.09 Å². The second-order valence-corrected chi connectivity index (χ2v) is 5.67. The van der Waals surface area contributed by atoms with Crippen molar-refractivity contribution in [3.05, 3.63) is 35.9 Å². The number of benzene rings is 1. The highest BCUT2D eigenvalue weighted by Gasteiger charge is 2.30. The number of carbonyl (C=O) groups excluding carboxylic acids is 2. The largest absolute Gasteiger partial charge is 0.447 e. The second kappa shape index (κ2) is 7.81. The molecule has 4 nitrogen and oxygen atoms in total. The van der Waals surface area contributed by atoms with Crippen LogP contribution in [0.4, 0.5) is 4.79 Å². The lowest BCUT2D eigenvalue weighted by molar-refractivity contribution is -0.128. The highest BCUT2D eigenvalue weighted by molar-refractivity contribution is 5.93. The summed E-state index contributed by atoms with van der Waals surface area (Å²) in [6, 6.07) is 10.3. The summed E-state index contributed by atoms with van der Waals surface area (Å²) in [7, 11) is 0. The number of rotatable bonds is 2. The highest BCUT2D eigenvalue weighted by atomic mass is 16.6. The van der Waals surface area contributed by atoms with Crippen molar-refractivity contribution in [2.75, 3.05) is 13.2 Å². The van der Waals surface area contributed by atoms with Crippen LogP contribution in [0.2, 0.25) is 0 Å². The summed E-state index contributed by atoms with van der Waals surface area (Å²) in [6.45, 7) is 2.87. The Balaban J connectivity index is 0.000000194. The molecule has 1 aliphatic heterocycles. The van der Waals surface area contributed by atoms with Gasteiger partial charge in [-0.3, -0.25) is 4.79 Å². The average molecular weight is 289 g/mol. The minimum Gasteiger partial charge on any atom is -0.447 e. The first-order valence-electron chi connectivity index (χ1n) is 7.65. The van der Waals surface area contributed by atoms with Gasteiger partial charge < -0.3 is 4.74 Å². The third-order valence-corrected chi connectivity index (χ3v) is 3.94. The van der Waals surface area contributed by atoms with E-state index in [4.69, 9.17) is 4.74 Å². The molecule has 0 N–H and O–H groups in total. The summed E-state index contributed by atoms with van der Waals surface area (Å²) >= 11 is 0. The Labute approximate surface area is 126 Å². The van der Waals surface area contributed by atoms with E-state index in [-0.39, 0.29) is 5.91 Å². The number of amides is 2. The number of hydrogen-bond acceptors (Lipinski definition) is 3. The van der Waals surface area contributed by atoms with E-state index in [0.717, 1.165) is 12.8 Å². The predicted octanol–water partition coefficient (Wildman–Crippen LogP) is 3.54. The Morgan fingerprint density at radius 2 is 1.90 bits per heavy atom. The highest BCUT2D eigenvalue weighted by Crippen LogP contribution is 2.28. The lowest BCUT2D eigenvalue weighted by Gasteiger charge is -2.13. The van der Waals surface area contributed by atoms with Crippen LogP contribution >= 0.6 is 0 Å². The van der Waals surface area contributed by atoms with Gasteiger partial charge in [0.05, 0.1) is 6.54 Å². The third kappa shape index (κ3) is 4.88. The average Bonchev–Trinajstić information content (AvgIpc) is 3.12. The van der Waals surface area contributed by atoms with Crippen molar-refractivity contribution in [2.45, 2.75) is 39.0 Å². The van der Waals surface area contributed by atoms with E-state index in [9.17, 15) is 9.59 Å². The summed E-state index contributed by atoms with van der Waals surface area (Å²) < 4.78 is 4.72. The number of hydrogen-bond donors (Lipinski definition) is 0. The molecule has 4 heteroatoms. The van der Waals surface area contributed by atoms with Gasteiger partial charge in [-0.25, -0.2) is 9.69 Å². The van der Waals surface area contributed by atoms with Crippen molar-refractivity contribution in [1.29, 1.82) is 0 Å². The molecule has 21 heavy (non-hydrogen) atoms. The molecule has 1 saturated heterocycles. The van der Waals surface area contributed by atoms with E-state index in [1.807, 2.05) is 18.2 Å². The van der Waals surface area contributed by atoms with Crippen LogP contribution in [-0.4, -0.2) is 30.1 Å². The maximum atomic E-state index is 11.6. The molecule has 1 heterocycles. The van der Waals surface area contributed by atoms with Crippen LogP contribution in [0.5, 0.6) is 0 Å². The zero-order valence-corrected chi connectivity index (χ0v) is 12.6. The topological polar surface area (TPSA) is 46.6 Å². The van der Waals surface area contributed by atoms with Crippen LogP contribution in [-0.2, 0) is 9.53 Å². The van der Waals surface area contributed by atoms with Crippen molar-refractivity contribution in [3.63, 3.8) is 0 Å². The van der Waals surface area contributed by atoms with Crippen LogP contribution in [0.3, 0.4) is 0 Å². The summed E-state index contributed by atoms with van der Waals surface area (Å²) in [5.41, 5.74) is 1.32. The van der Waals surface area contributed by atoms with E-state index >= 15 is 0 Å². The van der Waals surface area contributed by atoms with Gasteiger partial charge in [-0.05, 0) is 25.7 Å². The van der Waals surface area contributed by atoms with Crippen molar-refractivity contribution >= 4 is 12.0 Å². The molecule has 0 spiro atoms. The molecule has 2 amide bonds. The SMILES string of the molecule is Cc1ccccc1.O=C(CC1CCCC1)N1CCOC1=O. The smallest absolute Gasteiger partial charge is 0.416 e. The summed E-state index contributed by atoms with van der Waals surface area (Å²) in [5, 5.41) is 0. The Hall–Kier alpha value is -1.84. The van der Waals surface area contributed by atoms with Gasteiger partial charge in [-0.1, -0.05) is 48.7 Å². The van der Waals surface area contributed by atoms with Gasteiger partial charge in [0, 0.05) is 6.42 Å². The predicted molar refractivity (Wildman–Crippen MR) is 80.8 cm³/mol. The van der Waals surface area contributed by atoms with Gasteiger partial charge in [-0.15, -0.1) is 0 Å². The molecular formula is C17H23NO3. The van der Waals surface area contributed by atoms with E-state index in [1.165, 1.54) is 23.3 Å². The normalized spacial score (nSPS) is 18.1. The first-order chi connectivity index (χ1) is 10.2. The minimum absolute atomic E-state index is 0.0561. The lowest BCUT2D eigenvalue weighted by Crippen LogP contribution is -2.32. The minimum atomic E-state index is -0.465. The zero-order chi connectivity index (χ0) is 15.1. The molecule has 0 atom stereocenters. The third-order valence-electron chi connectivity index (χ3n) is 3.94. The molecule has 2 aliphatic rings. The standard InChI is InChI=1S/C10H15NO3.C7H8/c12-9(7-8-3-1-2-4-8)11-5-6-14-10(11)13;1-7-5-3-2-4-6-7/h8H,1-7H2;2-6H,1H3. The Kier molecular flexibility index (Phi) is 5.78. The Morgan fingerprint density at radius 1 is 1.24 bits per heavy atom. The quantitative estimate of drug-likeness (QED) is 0.836. The van der Waals surface area contributed by atoms with Gasteiger partial charge in [-0.2, -0.15) is 0 Å². The Bertz CT molecular complexity index is 466. The molecule has 3 rings (SSSR count). The number of cyclic esters (lactones) is 1. The maximum absolute atomic E-state index is 11.6. The number of aryl methyl sites for hydroxylation is 1. The molecule has 0 aromatic heterocycles. The number of nitrogens with zero attached hydrogens (tertiary/aromatic N) is 1. The number of carbonyl (C=O) groups is 2. The fourth-order valence-electron chi connectivity index (χ4n) is 2.73. The van der Waals surface area contributed by atoms with Gasteiger partial charge in [0.25, 0.3) is 0 Å². The molecule has 1 aromatic rings. The van der Waals surface area contributed by atoms with Gasteiger partial charge in [0.15, 0.2) is 0 Å². The summed E-state index contributed by atoms with van der Waals surface area (Å²) in [4.78, 5) is 23.9. The molecule has 1 saturated carbocycles. The monoisotopic (exact) mass is 289 g/mol. The van der Waals surface area contributed by atoms with Gasteiger partial charge >= 0.3 is 6.09 Å². The number of imide groups is 1.